The molecule has 0 aromatic rings. The fourth-order valence-electron chi connectivity index (χ4n) is 0.940. The highest BCUT2D eigenvalue weighted by Crippen LogP contribution is 2.53. The Morgan fingerprint density at radius 3 is 1.33 bits per heavy atom. The minimum Gasteiger partial charge on any atom is -0.317 e. The van der Waals surface area contributed by atoms with E-state index >= 15 is 0 Å². The van der Waals surface area contributed by atoms with Crippen molar-refractivity contribution in [1.82, 2.24) is 5.32 Å². The Bertz CT molecular complexity index is 223. The standard InChI is InChI=1S/C5H11N.H4O7P2/c1-2-4-6-5-3-1;1-8(2,3)7-9(4,5)6/h6H,1-5H2;(H2,1,2,3)(H2,4,5,6). The Kier molecular flexibility index (Phi) is 6.83. The molecule has 0 aliphatic carbocycles. The summed E-state index contributed by atoms with van der Waals surface area (Å²) in [5, 5.41) is 3.28. The monoisotopic (exact) mass is 263 g/mol. The fraction of sp³-hybridized carbons (Fsp3) is 1.00. The van der Waals surface area contributed by atoms with Gasteiger partial charge in [0.25, 0.3) is 0 Å². The van der Waals surface area contributed by atoms with Crippen molar-refractivity contribution in [2.45, 2.75) is 19.3 Å². The number of hydrogen-bond acceptors (Lipinski definition) is 4. The summed E-state index contributed by atoms with van der Waals surface area (Å²) in [6, 6.07) is 0. The van der Waals surface area contributed by atoms with Gasteiger partial charge in [-0.15, -0.1) is 0 Å². The van der Waals surface area contributed by atoms with Crippen molar-refractivity contribution in [2.24, 2.45) is 0 Å². The molecule has 1 heterocycles. The van der Waals surface area contributed by atoms with Crippen LogP contribution >= 0.6 is 15.6 Å². The van der Waals surface area contributed by atoms with Gasteiger partial charge in [-0.2, -0.15) is 4.31 Å². The first-order valence-electron chi connectivity index (χ1n) is 4.24. The minimum atomic E-state index is -5.05. The van der Waals surface area contributed by atoms with Gasteiger partial charge in [0, 0.05) is 0 Å². The van der Waals surface area contributed by atoms with Gasteiger partial charge >= 0.3 is 15.6 Å². The molecule has 1 aliphatic heterocycles. The fourth-order valence-corrected chi connectivity index (χ4v) is 2.05. The summed E-state index contributed by atoms with van der Waals surface area (Å²) >= 11 is 0. The maximum atomic E-state index is 9.63. The molecule has 15 heavy (non-hydrogen) atoms. The molecule has 1 aliphatic rings. The molecule has 0 saturated carbocycles. The highest BCUT2D eigenvalue weighted by molar-refractivity contribution is 7.60. The second-order valence-electron chi connectivity index (χ2n) is 2.87. The van der Waals surface area contributed by atoms with Gasteiger partial charge in [-0.1, -0.05) is 6.42 Å². The van der Waals surface area contributed by atoms with Gasteiger partial charge in [0.15, 0.2) is 0 Å². The summed E-state index contributed by atoms with van der Waals surface area (Å²) < 4.78 is 22.2. The van der Waals surface area contributed by atoms with E-state index < -0.39 is 15.6 Å². The Labute approximate surface area is 87.1 Å². The van der Waals surface area contributed by atoms with Crippen molar-refractivity contribution >= 4 is 15.6 Å². The zero-order valence-corrected chi connectivity index (χ0v) is 9.73. The molecule has 1 rings (SSSR count). The van der Waals surface area contributed by atoms with Crippen LogP contribution in [0.2, 0.25) is 0 Å². The quantitative estimate of drug-likeness (QED) is 0.437. The smallest absolute Gasteiger partial charge is 0.317 e. The molecule has 10 heteroatoms. The second kappa shape index (κ2) is 6.73. The predicted molar refractivity (Wildman–Crippen MR) is 51.9 cm³/mol. The van der Waals surface area contributed by atoms with Crippen LogP contribution in [0.5, 0.6) is 0 Å². The van der Waals surface area contributed by atoms with E-state index in [1.807, 2.05) is 0 Å². The van der Waals surface area contributed by atoms with E-state index in [9.17, 15) is 9.13 Å². The Hall–Kier alpha value is 0.220. The van der Waals surface area contributed by atoms with Crippen LogP contribution in [-0.2, 0) is 13.4 Å². The maximum Gasteiger partial charge on any atom is 0.478 e. The lowest BCUT2D eigenvalue weighted by Crippen LogP contribution is -2.21. The van der Waals surface area contributed by atoms with Crippen molar-refractivity contribution in [3.8, 4) is 0 Å². The molecule has 0 spiro atoms. The Morgan fingerprint density at radius 1 is 0.867 bits per heavy atom. The summed E-state index contributed by atoms with van der Waals surface area (Å²) in [7, 11) is -10.1. The third-order valence-electron chi connectivity index (χ3n) is 1.42. The predicted octanol–water partition coefficient (Wildman–Crippen LogP) is -0.0517. The van der Waals surface area contributed by atoms with E-state index in [1.54, 1.807) is 0 Å². The normalized spacial score (nSPS) is 17.9. The topological polar surface area (TPSA) is 136 Å². The average Bonchev–Trinajstić information content (AvgIpc) is 2.01. The maximum absolute atomic E-state index is 9.63. The van der Waals surface area contributed by atoms with Gasteiger partial charge in [0.1, 0.15) is 0 Å². The lowest BCUT2D eigenvalue weighted by atomic mass is 10.2. The van der Waals surface area contributed by atoms with Crippen molar-refractivity contribution < 1.29 is 33.0 Å². The highest BCUT2D eigenvalue weighted by atomic mass is 31.3. The molecular formula is C5H15NO7P2. The molecule has 92 valence electrons. The average molecular weight is 263 g/mol. The summed E-state index contributed by atoms with van der Waals surface area (Å²) in [6.07, 6.45) is 4.22. The van der Waals surface area contributed by atoms with Crippen LogP contribution in [-0.4, -0.2) is 32.7 Å². The van der Waals surface area contributed by atoms with Crippen LogP contribution < -0.4 is 5.32 Å². The molecule has 0 unspecified atom stereocenters. The van der Waals surface area contributed by atoms with E-state index in [-0.39, 0.29) is 0 Å². The number of nitrogens with one attached hydrogen (secondary N) is 1. The lowest BCUT2D eigenvalue weighted by Gasteiger charge is -2.08. The molecule has 0 aromatic carbocycles. The first kappa shape index (κ1) is 15.2. The number of hydrogen-bond donors (Lipinski definition) is 5. The zero-order chi connectivity index (χ0) is 11.9. The van der Waals surface area contributed by atoms with Crippen LogP contribution in [0.3, 0.4) is 0 Å². The molecule has 0 radical (unpaired) electrons. The van der Waals surface area contributed by atoms with Gasteiger partial charge in [-0.3, -0.25) is 0 Å². The van der Waals surface area contributed by atoms with E-state index in [2.05, 4.69) is 9.63 Å². The van der Waals surface area contributed by atoms with Gasteiger partial charge in [0.05, 0.1) is 0 Å². The van der Waals surface area contributed by atoms with Gasteiger partial charge in [-0.05, 0) is 25.9 Å². The Balaban J connectivity index is 0.000000280. The van der Waals surface area contributed by atoms with Crippen molar-refractivity contribution in [2.75, 3.05) is 13.1 Å². The molecular weight excluding hydrogens is 248 g/mol. The first-order chi connectivity index (χ1) is 6.71. The largest absolute Gasteiger partial charge is 0.478 e. The van der Waals surface area contributed by atoms with E-state index in [0.29, 0.717) is 0 Å². The molecule has 0 aromatic heterocycles. The summed E-state index contributed by atoms with van der Waals surface area (Å²) in [4.78, 5) is 31.0. The van der Waals surface area contributed by atoms with Crippen LogP contribution in [0.25, 0.3) is 0 Å². The molecule has 0 atom stereocenters. The summed E-state index contributed by atoms with van der Waals surface area (Å²) in [5.41, 5.74) is 0. The molecule has 1 saturated heterocycles. The van der Waals surface area contributed by atoms with E-state index in [0.717, 1.165) is 0 Å². The molecule has 8 nitrogen and oxygen atoms in total. The third-order valence-corrected chi connectivity index (χ3v) is 3.12. The van der Waals surface area contributed by atoms with Crippen molar-refractivity contribution in [3.05, 3.63) is 0 Å². The van der Waals surface area contributed by atoms with Crippen LogP contribution in [0.15, 0.2) is 0 Å². The van der Waals surface area contributed by atoms with Gasteiger partial charge in [0.2, 0.25) is 0 Å². The van der Waals surface area contributed by atoms with Crippen LogP contribution in [0.1, 0.15) is 19.3 Å². The third kappa shape index (κ3) is 14.2. The summed E-state index contributed by atoms with van der Waals surface area (Å²) in [5.74, 6) is 0. The van der Waals surface area contributed by atoms with Crippen LogP contribution in [0.4, 0.5) is 0 Å². The molecule has 0 bridgehead atoms. The van der Waals surface area contributed by atoms with E-state index in [4.69, 9.17) is 19.6 Å². The number of phosphoric acid groups is 2. The van der Waals surface area contributed by atoms with Crippen molar-refractivity contribution in [3.63, 3.8) is 0 Å². The Morgan fingerprint density at radius 2 is 1.27 bits per heavy atom. The van der Waals surface area contributed by atoms with Crippen LogP contribution in [0, 0.1) is 0 Å². The number of rotatable bonds is 2. The lowest BCUT2D eigenvalue weighted by molar-refractivity contribution is 0.225. The number of piperidine rings is 1. The SMILES string of the molecule is C1CCNCC1.O=P(O)(O)OP(=O)(O)O. The first-order valence-corrected chi connectivity index (χ1v) is 7.30. The van der Waals surface area contributed by atoms with Gasteiger partial charge < -0.3 is 24.9 Å². The summed E-state index contributed by atoms with van der Waals surface area (Å²) in [6.45, 7) is 2.50. The van der Waals surface area contributed by atoms with Gasteiger partial charge in [-0.25, -0.2) is 9.13 Å². The zero-order valence-electron chi connectivity index (χ0n) is 7.94. The second-order valence-corrected chi connectivity index (χ2v) is 5.49. The highest BCUT2D eigenvalue weighted by Gasteiger charge is 2.27. The molecule has 1 fully saturated rings. The molecule has 5 N–H and O–H groups in total. The van der Waals surface area contributed by atoms with E-state index in [1.165, 1.54) is 32.4 Å². The minimum absolute atomic E-state index is 1.25. The molecule has 0 amide bonds. The van der Waals surface area contributed by atoms with Crippen molar-refractivity contribution in [1.29, 1.82) is 0 Å².